The van der Waals surface area contributed by atoms with Gasteiger partial charge in [-0.3, -0.25) is 0 Å². The zero-order chi connectivity index (χ0) is 8.48. The number of hydrogen-bond donors (Lipinski definition) is 1. The molecule has 0 spiro atoms. The number of hydrogen-bond acceptors (Lipinski definition) is 3. The van der Waals surface area contributed by atoms with Crippen LogP contribution in [0.5, 0.6) is 0 Å². The summed E-state index contributed by atoms with van der Waals surface area (Å²) in [6.07, 6.45) is 0. The van der Waals surface area contributed by atoms with Crippen molar-refractivity contribution in [1.82, 2.24) is 0 Å². The van der Waals surface area contributed by atoms with E-state index in [-0.39, 0.29) is 0 Å². The van der Waals surface area contributed by atoms with E-state index in [0.29, 0.717) is 31.7 Å². The van der Waals surface area contributed by atoms with Crippen molar-refractivity contribution in [3.05, 3.63) is 24.3 Å². The van der Waals surface area contributed by atoms with Crippen molar-refractivity contribution < 1.29 is 8.42 Å². The van der Waals surface area contributed by atoms with Crippen molar-refractivity contribution >= 4 is 33.9 Å². The van der Waals surface area contributed by atoms with E-state index in [2.05, 4.69) is 0 Å². The third-order valence-electron chi connectivity index (χ3n) is 1.19. The molecule has 57 valence electrons. The molecule has 0 atom stereocenters. The van der Waals surface area contributed by atoms with Gasteiger partial charge >= 0.3 is 77.2 Å². The predicted molar refractivity (Wildman–Crippen MR) is 43.8 cm³/mol. The monoisotopic (exact) mass is 276 g/mol. The van der Waals surface area contributed by atoms with Crippen molar-refractivity contribution in [1.29, 1.82) is 0 Å². The van der Waals surface area contributed by atoms with Crippen LogP contribution in [0, 0.1) is 0 Å². The Balaban J connectivity index is 3.20. The maximum atomic E-state index is 10.9. The molecule has 0 aliphatic rings. The maximum absolute atomic E-state index is 10.9. The van der Waals surface area contributed by atoms with Gasteiger partial charge in [0.25, 0.3) is 0 Å². The summed E-state index contributed by atoms with van der Waals surface area (Å²) in [5.74, 6) is 0. The summed E-state index contributed by atoms with van der Waals surface area (Å²) < 4.78 is 21.9. The van der Waals surface area contributed by atoms with Crippen LogP contribution in [-0.4, -0.2) is 29.6 Å². The van der Waals surface area contributed by atoms with Gasteiger partial charge in [0.1, 0.15) is 0 Å². The fourth-order valence-corrected chi connectivity index (χ4v) is 2.31. The van der Waals surface area contributed by atoms with E-state index in [4.69, 9.17) is 5.73 Å². The van der Waals surface area contributed by atoms with E-state index in [0.717, 1.165) is 0 Å². The van der Waals surface area contributed by atoms with E-state index in [1.165, 1.54) is 12.1 Å². The van der Waals surface area contributed by atoms with Crippen molar-refractivity contribution in [2.75, 3.05) is 5.73 Å². The molecule has 0 heterocycles. The minimum atomic E-state index is -2.99. The Morgan fingerprint density at radius 1 is 1.18 bits per heavy atom. The molecule has 3 nitrogen and oxygen atoms in total. The molecule has 0 saturated carbocycles. The van der Waals surface area contributed by atoms with Gasteiger partial charge in [-0.05, 0) is 0 Å². The molecular weight excluding hydrogens is 269 g/mol. The Morgan fingerprint density at radius 3 is 2.00 bits per heavy atom. The fraction of sp³-hybridized carbons (Fsp3) is 0. The van der Waals surface area contributed by atoms with E-state index < -0.39 is 7.02 Å². The first-order chi connectivity index (χ1) is 5.00. The third-order valence-corrected chi connectivity index (χ3v) is 4.10. The topological polar surface area (TPSA) is 60.2 Å². The summed E-state index contributed by atoms with van der Waals surface area (Å²) in [7, 11) is -2.99. The van der Waals surface area contributed by atoms with E-state index >= 15 is 0 Å². The molecule has 1 aromatic rings. The van der Waals surface area contributed by atoms with Crippen molar-refractivity contribution in [2.45, 2.75) is 4.90 Å². The molecule has 0 aliphatic heterocycles. The average Bonchev–Trinajstić information content (AvgIpc) is 1.86. The van der Waals surface area contributed by atoms with Gasteiger partial charge in [-0.1, -0.05) is 0 Å². The van der Waals surface area contributed by atoms with Gasteiger partial charge in [-0.15, -0.1) is 0 Å². The molecule has 0 aliphatic carbocycles. The molecular formula is C6H6NO2SSn. The van der Waals surface area contributed by atoms with Gasteiger partial charge in [0.2, 0.25) is 0 Å². The molecule has 0 aromatic heterocycles. The zero-order valence-electron chi connectivity index (χ0n) is 5.61. The summed E-state index contributed by atoms with van der Waals surface area (Å²) in [6, 6.07) is 6.19. The molecule has 0 amide bonds. The summed E-state index contributed by atoms with van der Waals surface area (Å²) in [6.45, 7) is 0. The quantitative estimate of drug-likeness (QED) is 0.585. The third kappa shape index (κ3) is 2.37. The second-order valence-electron chi connectivity index (χ2n) is 2.07. The molecule has 1 aromatic carbocycles. The SMILES string of the molecule is Nc1ccc([S](=O)(=O)[Sn])cc1. The van der Waals surface area contributed by atoms with Crippen LogP contribution in [0.1, 0.15) is 0 Å². The Hall–Kier alpha value is -0.231. The minimum absolute atomic E-state index is 0.338. The van der Waals surface area contributed by atoms with Gasteiger partial charge in [-0.25, -0.2) is 0 Å². The van der Waals surface area contributed by atoms with Crippen molar-refractivity contribution in [3.8, 4) is 0 Å². The average molecular weight is 275 g/mol. The Morgan fingerprint density at radius 2 is 1.64 bits per heavy atom. The molecule has 0 unspecified atom stereocenters. The van der Waals surface area contributed by atoms with Crippen molar-refractivity contribution in [2.24, 2.45) is 0 Å². The molecule has 2 N–H and O–H groups in total. The second-order valence-corrected chi connectivity index (χ2v) is 8.15. The van der Waals surface area contributed by atoms with Crippen LogP contribution < -0.4 is 5.73 Å². The van der Waals surface area contributed by atoms with Crippen LogP contribution in [0.4, 0.5) is 5.69 Å². The van der Waals surface area contributed by atoms with Crippen molar-refractivity contribution in [3.63, 3.8) is 0 Å². The number of nitrogen functional groups attached to an aromatic ring is 1. The molecule has 0 saturated heterocycles. The zero-order valence-corrected chi connectivity index (χ0v) is 9.28. The number of benzene rings is 1. The van der Waals surface area contributed by atoms with E-state index in [1.54, 1.807) is 12.1 Å². The van der Waals surface area contributed by atoms with Crippen LogP contribution in [-0.2, 0) is 7.02 Å². The van der Waals surface area contributed by atoms with Gasteiger partial charge in [0.05, 0.1) is 0 Å². The number of rotatable bonds is 1. The van der Waals surface area contributed by atoms with Crippen LogP contribution in [0.3, 0.4) is 0 Å². The van der Waals surface area contributed by atoms with Gasteiger partial charge in [-0.2, -0.15) is 0 Å². The van der Waals surface area contributed by atoms with Crippen LogP contribution in [0.2, 0.25) is 0 Å². The fourth-order valence-electron chi connectivity index (χ4n) is 0.647. The standard InChI is InChI=1S/C6H6NO2S.Sn/c7-5-1-3-6(4-2-5)10(8)9;/h1-4H,7H2;. The number of anilines is 1. The van der Waals surface area contributed by atoms with Crippen LogP contribution in [0.15, 0.2) is 29.2 Å². The normalized spacial score (nSPS) is 11.4. The molecule has 11 heavy (non-hydrogen) atoms. The Bertz CT molecular complexity index is 343. The summed E-state index contributed by atoms with van der Waals surface area (Å²) in [4.78, 5) is 0.338. The van der Waals surface area contributed by atoms with E-state index in [1.807, 2.05) is 0 Å². The van der Waals surface area contributed by atoms with E-state index in [9.17, 15) is 8.42 Å². The van der Waals surface area contributed by atoms with Gasteiger partial charge in [0.15, 0.2) is 0 Å². The van der Waals surface area contributed by atoms with Gasteiger partial charge in [0, 0.05) is 0 Å². The number of nitrogens with two attached hydrogens (primary N) is 1. The first-order valence-electron chi connectivity index (χ1n) is 2.85. The predicted octanol–water partition coefficient (Wildman–Crippen LogP) is 0.126. The van der Waals surface area contributed by atoms with Crippen LogP contribution in [0.25, 0.3) is 0 Å². The summed E-state index contributed by atoms with van der Waals surface area (Å²) >= 11 is 0.504. The molecule has 0 fully saturated rings. The molecule has 1 rings (SSSR count). The first kappa shape index (κ1) is 8.86. The van der Waals surface area contributed by atoms with Gasteiger partial charge < -0.3 is 0 Å². The summed E-state index contributed by atoms with van der Waals surface area (Å²) in [5, 5.41) is 0. The molecule has 3 radical (unpaired) electrons. The second kappa shape index (κ2) is 3.02. The first-order valence-corrected chi connectivity index (χ1v) is 7.83. The Labute approximate surface area is 77.1 Å². The van der Waals surface area contributed by atoms with Crippen LogP contribution >= 0.6 is 0 Å². The molecule has 5 heteroatoms. The summed E-state index contributed by atoms with van der Waals surface area (Å²) in [5.41, 5.74) is 5.96. The Kier molecular flexibility index (Phi) is 2.43. The molecule has 0 bridgehead atoms.